The quantitative estimate of drug-likeness (QED) is 0.451. The molecule has 1 heterocycles. The third-order valence-electron chi connectivity index (χ3n) is 4.20. The molecule has 0 radical (unpaired) electrons. The van der Waals surface area contributed by atoms with Crippen LogP contribution in [0.5, 0.6) is 0 Å². The van der Waals surface area contributed by atoms with E-state index in [1.54, 1.807) is 0 Å². The molecule has 1 aromatic heterocycles. The first-order chi connectivity index (χ1) is 13.3. The lowest BCUT2D eigenvalue weighted by Crippen LogP contribution is -2.24. The first-order valence-electron chi connectivity index (χ1n) is 8.97. The summed E-state index contributed by atoms with van der Waals surface area (Å²) >= 11 is 1.49. The lowest BCUT2D eigenvalue weighted by Gasteiger charge is -2.13. The van der Waals surface area contributed by atoms with Gasteiger partial charge in [0, 0.05) is 18.7 Å². The molecule has 3 aromatic rings. The van der Waals surface area contributed by atoms with Gasteiger partial charge >= 0.3 is 0 Å². The number of benzene rings is 2. The number of thioether (sulfide) groups is 1. The van der Waals surface area contributed by atoms with Crippen LogP contribution in [0.4, 0.5) is 0 Å². The van der Waals surface area contributed by atoms with Gasteiger partial charge in [-0.2, -0.15) is 0 Å². The zero-order valence-electron chi connectivity index (χ0n) is 16.2. The monoisotopic (exact) mass is 416 g/mol. The Morgan fingerprint density at radius 1 is 1.07 bits per heavy atom. The molecule has 0 aliphatic heterocycles. The van der Waals surface area contributed by atoms with Crippen LogP contribution >= 0.6 is 11.8 Å². The maximum Gasteiger partial charge on any atom is 0.208 e. The number of aromatic nitrogens is 3. The number of aryl methyl sites for hydroxylation is 2. The molecule has 148 valence electrons. The summed E-state index contributed by atoms with van der Waals surface area (Å²) in [5.41, 5.74) is 4.55. The van der Waals surface area contributed by atoms with E-state index >= 15 is 0 Å². The summed E-state index contributed by atoms with van der Waals surface area (Å²) in [4.78, 5) is 0. The number of hydrogen-bond acceptors (Lipinski definition) is 5. The van der Waals surface area contributed by atoms with Gasteiger partial charge in [0.1, 0.15) is 5.82 Å². The molecule has 8 heteroatoms. The summed E-state index contributed by atoms with van der Waals surface area (Å²) < 4.78 is 27.1. The van der Waals surface area contributed by atoms with Crippen molar-refractivity contribution in [2.24, 2.45) is 0 Å². The van der Waals surface area contributed by atoms with E-state index in [2.05, 4.69) is 63.7 Å². The van der Waals surface area contributed by atoms with Gasteiger partial charge in [0.05, 0.1) is 11.9 Å². The summed E-state index contributed by atoms with van der Waals surface area (Å²) in [6.07, 6.45) is 1.83. The molecular weight excluding hydrogens is 392 g/mol. The second-order valence-corrected chi connectivity index (χ2v) is 9.60. The van der Waals surface area contributed by atoms with Crippen molar-refractivity contribution in [2.75, 3.05) is 18.6 Å². The Balaban J connectivity index is 1.91. The Morgan fingerprint density at radius 2 is 1.82 bits per heavy atom. The van der Waals surface area contributed by atoms with Crippen LogP contribution in [0.2, 0.25) is 0 Å². The molecule has 0 aliphatic carbocycles. The molecule has 0 atom stereocenters. The smallest absolute Gasteiger partial charge is 0.208 e. The van der Waals surface area contributed by atoms with Crippen LogP contribution in [0.25, 0.3) is 5.69 Å². The average molecular weight is 417 g/mol. The van der Waals surface area contributed by atoms with Crippen LogP contribution in [-0.2, 0) is 16.4 Å². The van der Waals surface area contributed by atoms with Gasteiger partial charge in [-0.15, -0.1) is 10.2 Å². The predicted octanol–water partition coefficient (Wildman–Crippen LogP) is 3.12. The van der Waals surface area contributed by atoms with Crippen molar-refractivity contribution in [3.05, 3.63) is 71.0 Å². The normalized spacial score (nSPS) is 11.7. The summed E-state index contributed by atoms with van der Waals surface area (Å²) in [7, 11) is -3.19. The number of rotatable bonds is 8. The van der Waals surface area contributed by atoms with Crippen LogP contribution in [0.15, 0.2) is 53.7 Å². The van der Waals surface area contributed by atoms with Gasteiger partial charge in [-0.1, -0.05) is 59.8 Å². The van der Waals surface area contributed by atoms with Crippen LogP contribution in [0.3, 0.4) is 0 Å². The Labute approximate surface area is 170 Å². The van der Waals surface area contributed by atoms with E-state index in [1.807, 2.05) is 18.2 Å². The number of nitrogens with one attached hydrogen (secondary N) is 1. The fourth-order valence-electron chi connectivity index (χ4n) is 2.95. The zero-order valence-corrected chi connectivity index (χ0v) is 17.8. The third-order valence-corrected chi connectivity index (χ3v) is 5.86. The fourth-order valence-corrected chi connectivity index (χ4v) is 4.37. The summed E-state index contributed by atoms with van der Waals surface area (Å²) in [6, 6.07) is 16.5. The molecule has 0 saturated carbocycles. The molecule has 1 N–H and O–H groups in total. The topological polar surface area (TPSA) is 76.9 Å². The van der Waals surface area contributed by atoms with Gasteiger partial charge in [-0.3, -0.25) is 4.57 Å². The molecule has 28 heavy (non-hydrogen) atoms. The van der Waals surface area contributed by atoms with Crippen molar-refractivity contribution in [1.29, 1.82) is 0 Å². The lowest BCUT2D eigenvalue weighted by molar-refractivity contribution is 0.590. The summed E-state index contributed by atoms with van der Waals surface area (Å²) in [6.45, 7) is 4.49. The van der Waals surface area contributed by atoms with Gasteiger partial charge in [0.15, 0.2) is 5.16 Å². The highest BCUT2D eigenvalue weighted by molar-refractivity contribution is 7.99. The van der Waals surface area contributed by atoms with Gasteiger partial charge in [0.2, 0.25) is 10.0 Å². The van der Waals surface area contributed by atoms with E-state index in [9.17, 15) is 8.42 Å². The van der Waals surface area contributed by atoms with Crippen molar-refractivity contribution >= 4 is 21.8 Å². The van der Waals surface area contributed by atoms with Crippen molar-refractivity contribution in [3.8, 4) is 5.69 Å². The zero-order chi connectivity index (χ0) is 20.1. The van der Waals surface area contributed by atoms with E-state index in [1.165, 1.54) is 17.3 Å². The molecule has 2 aromatic carbocycles. The van der Waals surface area contributed by atoms with Gasteiger partial charge in [0.25, 0.3) is 0 Å². The summed E-state index contributed by atoms with van der Waals surface area (Å²) in [5.74, 6) is 1.43. The van der Waals surface area contributed by atoms with Crippen LogP contribution in [0.1, 0.15) is 22.5 Å². The standard InChI is InChI=1S/C20H24N4O2S2/c1-15-9-10-18(16(2)13-15)24-19(14-17-7-5-4-6-8-17)22-23-20(24)27-12-11-21-28(3,25)26/h4-10,13,21H,11-12,14H2,1-3H3. The molecule has 6 nitrogen and oxygen atoms in total. The molecule has 0 unspecified atom stereocenters. The Bertz CT molecular complexity index is 1050. The van der Waals surface area contributed by atoms with Crippen molar-refractivity contribution in [3.63, 3.8) is 0 Å². The largest absolute Gasteiger partial charge is 0.273 e. The lowest BCUT2D eigenvalue weighted by atomic mass is 10.1. The highest BCUT2D eigenvalue weighted by Crippen LogP contribution is 2.26. The van der Waals surface area contributed by atoms with Crippen molar-refractivity contribution in [2.45, 2.75) is 25.4 Å². The Hall–Kier alpha value is -2.16. The maximum atomic E-state index is 11.3. The SMILES string of the molecule is Cc1ccc(-n2c(Cc3ccccc3)nnc2SCCNS(C)(=O)=O)c(C)c1. The van der Waals surface area contributed by atoms with E-state index in [4.69, 9.17) is 0 Å². The Morgan fingerprint density at radius 3 is 2.50 bits per heavy atom. The second-order valence-electron chi connectivity index (χ2n) is 6.70. The van der Waals surface area contributed by atoms with Crippen LogP contribution in [-0.4, -0.2) is 41.7 Å². The van der Waals surface area contributed by atoms with Crippen molar-refractivity contribution < 1.29 is 8.42 Å². The summed E-state index contributed by atoms with van der Waals surface area (Å²) in [5, 5.41) is 9.57. The highest BCUT2D eigenvalue weighted by Gasteiger charge is 2.16. The minimum atomic E-state index is -3.19. The highest BCUT2D eigenvalue weighted by atomic mass is 32.2. The van der Waals surface area contributed by atoms with Gasteiger partial charge in [-0.25, -0.2) is 13.1 Å². The number of sulfonamides is 1. The molecule has 0 amide bonds. The molecule has 0 saturated heterocycles. The first kappa shape index (κ1) is 20.6. The van der Waals surface area contributed by atoms with E-state index in [0.29, 0.717) is 18.7 Å². The fraction of sp³-hybridized carbons (Fsp3) is 0.300. The van der Waals surface area contributed by atoms with E-state index in [0.717, 1.165) is 34.1 Å². The van der Waals surface area contributed by atoms with Gasteiger partial charge in [-0.05, 0) is 31.0 Å². The number of nitrogens with zero attached hydrogens (tertiary/aromatic N) is 3. The Kier molecular flexibility index (Phi) is 6.53. The van der Waals surface area contributed by atoms with Crippen LogP contribution in [0, 0.1) is 13.8 Å². The predicted molar refractivity (Wildman–Crippen MR) is 114 cm³/mol. The van der Waals surface area contributed by atoms with E-state index in [-0.39, 0.29) is 0 Å². The second kappa shape index (κ2) is 8.89. The van der Waals surface area contributed by atoms with Crippen LogP contribution < -0.4 is 4.72 Å². The number of hydrogen-bond donors (Lipinski definition) is 1. The molecular formula is C20H24N4O2S2. The third kappa shape index (κ3) is 5.43. The van der Waals surface area contributed by atoms with E-state index < -0.39 is 10.0 Å². The van der Waals surface area contributed by atoms with Crippen molar-refractivity contribution in [1.82, 2.24) is 19.5 Å². The average Bonchev–Trinajstić information content (AvgIpc) is 3.01. The molecule has 0 spiro atoms. The molecule has 0 bridgehead atoms. The minimum Gasteiger partial charge on any atom is -0.273 e. The first-order valence-corrected chi connectivity index (χ1v) is 11.8. The maximum absolute atomic E-state index is 11.3. The van der Waals surface area contributed by atoms with Gasteiger partial charge < -0.3 is 0 Å². The molecule has 0 aliphatic rings. The molecule has 3 rings (SSSR count). The molecule has 0 fully saturated rings. The minimum absolute atomic E-state index is 0.345.